The van der Waals surface area contributed by atoms with Crippen molar-refractivity contribution in [3.05, 3.63) is 58.4 Å². The number of carbonyl (C=O) groups excluding carboxylic acids is 2. The highest BCUT2D eigenvalue weighted by molar-refractivity contribution is 8.00. The van der Waals surface area contributed by atoms with Crippen LogP contribution < -0.4 is 11.1 Å². The number of amides is 2. The second-order valence-corrected chi connectivity index (χ2v) is 10.4. The number of benzene rings is 1. The molecule has 0 bridgehead atoms. The van der Waals surface area contributed by atoms with E-state index in [-0.39, 0.29) is 39.5 Å². The maximum absolute atomic E-state index is 13.0. The number of carboxylic acid groups (broad SMARTS) is 1. The summed E-state index contributed by atoms with van der Waals surface area (Å²) in [5, 5.41) is 40.4. The lowest BCUT2D eigenvalue weighted by Gasteiger charge is -2.49. The number of oxime groups is 1. The van der Waals surface area contributed by atoms with Crippen molar-refractivity contribution >= 4 is 57.8 Å². The van der Waals surface area contributed by atoms with Gasteiger partial charge in [-0.2, -0.15) is 0 Å². The first-order valence-corrected chi connectivity index (χ1v) is 13.3. The molecule has 2 aliphatic heterocycles. The Labute approximate surface area is 233 Å². The zero-order valence-electron chi connectivity index (χ0n) is 20.5. The SMILES string of the molecule is CO/N=C(\C(=O)NC1C(=O)N2C(C(=O)O)=C(/C=C/c3cc(-c4ccc(O)c(O)c4)no3)CSC12)c1csc(N)n1. The second-order valence-electron chi connectivity index (χ2n) is 8.38. The van der Waals surface area contributed by atoms with Crippen molar-refractivity contribution in [1.82, 2.24) is 20.4 Å². The number of nitrogens with one attached hydrogen (secondary N) is 1. The molecular formula is C24H20N6O8S2. The van der Waals surface area contributed by atoms with E-state index in [1.54, 1.807) is 12.1 Å². The number of nitrogens with zero attached hydrogens (tertiary/aromatic N) is 4. The van der Waals surface area contributed by atoms with Gasteiger partial charge in [0.1, 0.15) is 35.6 Å². The van der Waals surface area contributed by atoms with E-state index in [4.69, 9.17) is 15.1 Å². The molecule has 4 heterocycles. The molecule has 1 fully saturated rings. The van der Waals surface area contributed by atoms with Gasteiger partial charge in [-0.25, -0.2) is 9.78 Å². The molecule has 0 aliphatic carbocycles. The van der Waals surface area contributed by atoms with Crippen molar-refractivity contribution < 1.29 is 39.1 Å². The molecule has 0 radical (unpaired) electrons. The number of aromatic nitrogens is 2. The number of hydrogen-bond donors (Lipinski definition) is 5. The number of thioether (sulfide) groups is 1. The standard InChI is InChI=1S/C24H20N6O8S2/c1-37-29-17(14-9-40-24(25)26-14)20(33)27-18-21(34)30-19(23(35)36)11(8-39-22(18)30)2-4-12-7-13(28-38-12)10-3-5-15(31)16(32)6-10/h2-7,9,18,22,31-32H,8H2,1H3,(H2,25,26)(H,27,33)(H,35,36)/b4-2+,29-17-. The number of fused-ring (bicyclic) bond motifs is 1. The molecule has 40 heavy (non-hydrogen) atoms. The number of β-lactam (4-membered cyclic amide) rings is 1. The Hall–Kier alpha value is -4.83. The highest BCUT2D eigenvalue weighted by Gasteiger charge is 2.54. The Morgan fingerprint density at radius 2 is 2.08 bits per heavy atom. The fourth-order valence-corrected chi connectivity index (χ4v) is 5.91. The van der Waals surface area contributed by atoms with Gasteiger partial charge in [0, 0.05) is 22.8 Å². The third-order valence-electron chi connectivity index (χ3n) is 5.90. The normalized spacial score (nSPS) is 19.0. The first-order chi connectivity index (χ1) is 19.2. The number of anilines is 1. The lowest BCUT2D eigenvalue weighted by Crippen LogP contribution is -2.71. The van der Waals surface area contributed by atoms with E-state index >= 15 is 0 Å². The van der Waals surface area contributed by atoms with E-state index in [0.29, 0.717) is 22.6 Å². The first kappa shape index (κ1) is 26.8. The van der Waals surface area contributed by atoms with E-state index in [1.807, 2.05) is 0 Å². The molecule has 6 N–H and O–H groups in total. The number of carboxylic acids is 1. The summed E-state index contributed by atoms with van der Waals surface area (Å²) < 4.78 is 5.28. The number of phenolic OH excluding ortho intramolecular Hbond substituents is 2. The summed E-state index contributed by atoms with van der Waals surface area (Å²) >= 11 is 2.38. The number of nitrogens with two attached hydrogens (primary N) is 1. The molecule has 5 rings (SSSR count). The molecule has 3 aromatic rings. The Morgan fingerprint density at radius 3 is 2.75 bits per heavy atom. The van der Waals surface area contributed by atoms with Crippen LogP contribution in [-0.4, -0.2) is 78.1 Å². The minimum Gasteiger partial charge on any atom is -0.504 e. The van der Waals surface area contributed by atoms with Crippen LogP contribution in [0, 0.1) is 0 Å². The number of hydrogen-bond acceptors (Lipinski definition) is 13. The molecule has 206 valence electrons. The molecule has 1 aromatic carbocycles. The molecule has 14 nitrogen and oxygen atoms in total. The topological polar surface area (TPSA) is 214 Å². The van der Waals surface area contributed by atoms with Gasteiger partial charge in [0.25, 0.3) is 11.8 Å². The molecule has 2 unspecified atom stereocenters. The lowest BCUT2D eigenvalue weighted by atomic mass is 10.0. The molecule has 16 heteroatoms. The van der Waals surface area contributed by atoms with Crippen LogP contribution in [0.5, 0.6) is 11.5 Å². The van der Waals surface area contributed by atoms with Crippen molar-refractivity contribution in [3.8, 4) is 22.8 Å². The number of rotatable bonds is 8. The molecular weight excluding hydrogens is 564 g/mol. The van der Waals surface area contributed by atoms with Gasteiger partial charge in [-0.3, -0.25) is 14.5 Å². The number of thiazole rings is 1. The molecule has 2 atom stereocenters. The van der Waals surface area contributed by atoms with Crippen LogP contribution in [0.1, 0.15) is 11.5 Å². The van der Waals surface area contributed by atoms with Gasteiger partial charge in [-0.1, -0.05) is 16.4 Å². The van der Waals surface area contributed by atoms with Crippen molar-refractivity contribution in [3.63, 3.8) is 0 Å². The van der Waals surface area contributed by atoms with Crippen LogP contribution in [0.2, 0.25) is 0 Å². The Balaban J connectivity index is 1.32. The zero-order valence-corrected chi connectivity index (χ0v) is 22.1. The van der Waals surface area contributed by atoms with Gasteiger partial charge < -0.3 is 35.7 Å². The fraction of sp³-hybridized carbons (Fsp3) is 0.167. The monoisotopic (exact) mass is 584 g/mol. The number of aromatic hydroxyl groups is 2. The van der Waals surface area contributed by atoms with E-state index in [1.165, 1.54) is 48.5 Å². The van der Waals surface area contributed by atoms with Gasteiger partial charge in [0.2, 0.25) is 0 Å². The van der Waals surface area contributed by atoms with Crippen molar-refractivity contribution in [1.29, 1.82) is 0 Å². The predicted octanol–water partition coefficient (Wildman–Crippen LogP) is 1.59. The van der Waals surface area contributed by atoms with E-state index < -0.39 is 29.2 Å². The van der Waals surface area contributed by atoms with Crippen LogP contribution in [0.25, 0.3) is 17.3 Å². The molecule has 2 aliphatic rings. The van der Waals surface area contributed by atoms with Crippen LogP contribution in [0.4, 0.5) is 5.13 Å². The third kappa shape index (κ3) is 4.96. The highest BCUT2D eigenvalue weighted by Crippen LogP contribution is 2.41. The van der Waals surface area contributed by atoms with Crippen molar-refractivity contribution in [2.45, 2.75) is 11.4 Å². The zero-order chi connectivity index (χ0) is 28.6. The average molecular weight is 585 g/mol. The summed E-state index contributed by atoms with van der Waals surface area (Å²) in [4.78, 5) is 47.9. The second kappa shape index (κ2) is 10.7. The molecule has 2 aromatic heterocycles. The number of allylic oxidation sites excluding steroid dienone is 1. The lowest BCUT2D eigenvalue weighted by molar-refractivity contribution is -0.150. The molecule has 2 amide bonds. The summed E-state index contributed by atoms with van der Waals surface area (Å²) in [6, 6.07) is 4.76. The minimum atomic E-state index is -1.31. The predicted molar refractivity (Wildman–Crippen MR) is 144 cm³/mol. The smallest absolute Gasteiger partial charge is 0.352 e. The third-order valence-corrected chi connectivity index (χ3v) is 7.87. The Morgan fingerprint density at radius 1 is 1.27 bits per heavy atom. The van der Waals surface area contributed by atoms with Crippen LogP contribution in [-0.2, 0) is 19.2 Å². The highest BCUT2D eigenvalue weighted by atomic mass is 32.2. The van der Waals surface area contributed by atoms with E-state index in [9.17, 15) is 29.7 Å². The average Bonchev–Trinajstić information content (AvgIpc) is 3.59. The van der Waals surface area contributed by atoms with Gasteiger partial charge in [-0.05, 0) is 29.8 Å². The van der Waals surface area contributed by atoms with Crippen molar-refractivity contribution in [2.75, 3.05) is 18.6 Å². The molecule has 0 spiro atoms. The first-order valence-electron chi connectivity index (χ1n) is 11.4. The number of aliphatic carboxylic acids is 1. The minimum absolute atomic E-state index is 0.172. The van der Waals surface area contributed by atoms with Crippen LogP contribution in [0.15, 0.2) is 56.7 Å². The summed E-state index contributed by atoms with van der Waals surface area (Å²) in [6.07, 6.45) is 3.02. The van der Waals surface area contributed by atoms with Gasteiger partial charge in [0.15, 0.2) is 28.1 Å². The fourth-order valence-electron chi connectivity index (χ4n) is 4.04. The number of phenols is 2. The quantitative estimate of drug-likeness (QED) is 0.110. The van der Waals surface area contributed by atoms with Crippen molar-refractivity contribution in [2.24, 2.45) is 5.16 Å². The summed E-state index contributed by atoms with van der Waals surface area (Å²) in [6.45, 7) is 0. The van der Waals surface area contributed by atoms with Gasteiger partial charge in [-0.15, -0.1) is 23.1 Å². The Bertz CT molecular complexity index is 1610. The Kier molecular flexibility index (Phi) is 7.19. The molecule has 0 saturated carbocycles. The van der Waals surface area contributed by atoms with Crippen LogP contribution in [0.3, 0.4) is 0 Å². The summed E-state index contributed by atoms with van der Waals surface area (Å²) in [5.74, 6) is -2.69. The van der Waals surface area contributed by atoms with Crippen LogP contribution >= 0.6 is 23.1 Å². The maximum atomic E-state index is 13.0. The largest absolute Gasteiger partial charge is 0.504 e. The maximum Gasteiger partial charge on any atom is 0.352 e. The molecule has 1 saturated heterocycles. The van der Waals surface area contributed by atoms with E-state index in [2.05, 4.69) is 20.6 Å². The number of nitrogen functional groups attached to an aromatic ring is 1. The summed E-state index contributed by atoms with van der Waals surface area (Å²) in [5.41, 5.74) is 6.67. The number of carbonyl (C=O) groups is 3. The summed E-state index contributed by atoms with van der Waals surface area (Å²) in [7, 11) is 1.26. The van der Waals surface area contributed by atoms with E-state index in [0.717, 1.165) is 16.2 Å². The van der Waals surface area contributed by atoms with Gasteiger partial charge in [0.05, 0.1) is 0 Å². The van der Waals surface area contributed by atoms with Gasteiger partial charge >= 0.3 is 5.97 Å².